The molecule has 1 aromatic rings. The van der Waals surface area contributed by atoms with Gasteiger partial charge in [0.2, 0.25) is 0 Å². The third kappa shape index (κ3) is 1.58. The molecule has 0 saturated carbocycles. The molecule has 0 spiro atoms. The van der Waals surface area contributed by atoms with Crippen LogP contribution in [0.3, 0.4) is 0 Å². The van der Waals surface area contributed by atoms with E-state index < -0.39 is 5.60 Å². The van der Waals surface area contributed by atoms with Gasteiger partial charge in [-0.15, -0.1) is 0 Å². The van der Waals surface area contributed by atoms with Gasteiger partial charge in [-0.25, -0.2) is 4.39 Å². The van der Waals surface area contributed by atoms with Gasteiger partial charge in [0.15, 0.2) is 0 Å². The van der Waals surface area contributed by atoms with Gasteiger partial charge in [-0.3, -0.25) is 0 Å². The predicted molar refractivity (Wildman–Crippen MR) is 55.5 cm³/mol. The molecule has 2 rings (SSSR count). The van der Waals surface area contributed by atoms with E-state index in [-0.39, 0.29) is 5.82 Å². The van der Waals surface area contributed by atoms with Crippen molar-refractivity contribution in [2.24, 2.45) is 0 Å². The quantitative estimate of drug-likeness (QED) is 0.806. The zero-order valence-electron chi connectivity index (χ0n) is 7.56. The fraction of sp³-hybridized carbons (Fsp3) is 0.400. The minimum absolute atomic E-state index is 0.331. The number of rotatable bonds is 1. The third-order valence-electron chi connectivity index (χ3n) is 2.59. The molecule has 2 N–H and O–H groups in total. The molecule has 1 aromatic carbocycles. The van der Waals surface area contributed by atoms with Crippen molar-refractivity contribution in [1.82, 2.24) is 5.32 Å². The van der Waals surface area contributed by atoms with Crippen LogP contribution in [-0.2, 0) is 5.60 Å². The first kappa shape index (κ1) is 10.1. The van der Waals surface area contributed by atoms with E-state index in [1.807, 2.05) is 0 Å². The Hall–Kier alpha value is -0.450. The number of hydrogen-bond donors (Lipinski definition) is 2. The van der Waals surface area contributed by atoms with Crippen molar-refractivity contribution in [3.8, 4) is 0 Å². The first-order chi connectivity index (χ1) is 6.63. The summed E-state index contributed by atoms with van der Waals surface area (Å²) in [6.07, 6.45) is 0.620. The van der Waals surface area contributed by atoms with Crippen LogP contribution in [0.1, 0.15) is 12.0 Å². The molecule has 1 aliphatic rings. The third-order valence-corrected chi connectivity index (χ3v) is 3.39. The van der Waals surface area contributed by atoms with Crippen molar-refractivity contribution in [1.29, 1.82) is 0 Å². The zero-order chi connectivity index (χ0) is 10.2. The molecular formula is C10H11BrFNO. The highest BCUT2D eigenvalue weighted by Gasteiger charge is 2.35. The first-order valence-electron chi connectivity index (χ1n) is 4.51. The van der Waals surface area contributed by atoms with Crippen LogP contribution in [0.5, 0.6) is 0 Å². The molecule has 0 aromatic heterocycles. The molecule has 1 fully saturated rings. The SMILES string of the molecule is OC1(c2cccc(F)c2Br)CCNC1. The summed E-state index contributed by atoms with van der Waals surface area (Å²) in [5, 5.41) is 13.3. The number of aliphatic hydroxyl groups is 1. The molecule has 1 unspecified atom stereocenters. The van der Waals surface area contributed by atoms with E-state index in [1.54, 1.807) is 12.1 Å². The molecule has 0 amide bonds. The van der Waals surface area contributed by atoms with Gasteiger partial charge in [-0.1, -0.05) is 12.1 Å². The van der Waals surface area contributed by atoms with Crippen LogP contribution in [0.25, 0.3) is 0 Å². The lowest BCUT2D eigenvalue weighted by atomic mass is 9.93. The Balaban J connectivity index is 2.45. The van der Waals surface area contributed by atoms with E-state index in [9.17, 15) is 9.50 Å². The van der Waals surface area contributed by atoms with Crippen LogP contribution in [0, 0.1) is 5.82 Å². The summed E-state index contributed by atoms with van der Waals surface area (Å²) >= 11 is 3.16. The van der Waals surface area contributed by atoms with Gasteiger partial charge >= 0.3 is 0 Å². The molecule has 1 atom stereocenters. The average Bonchev–Trinajstić information content (AvgIpc) is 2.58. The summed E-state index contributed by atoms with van der Waals surface area (Å²) in [5.74, 6) is -0.331. The number of halogens is 2. The molecule has 76 valence electrons. The van der Waals surface area contributed by atoms with Crippen LogP contribution < -0.4 is 5.32 Å². The normalized spacial score (nSPS) is 26.8. The zero-order valence-corrected chi connectivity index (χ0v) is 9.14. The summed E-state index contributed by atoms with van der Waals surface area (Å²) in [6, 6.07) is 4.74. The second-order valence-electron chi connectivity index (χ2n) is 3.56. The number of hydrogen-bond acceptors (Lipinski definition) is 2. The maximum Gasteiger partial charge on any atom is 0.137 e. The minimum Gasteiger partial charge on any atom is -0.384 e. The standard InChI is InChI=1S/C10H11BrFNO/c11-9-7(2-1-3-8(9)12)10(14)4-5-13-6-10/h1-3,13-14H,4-6H2. The Morgan fingerprint density at radius 2 is 2.29 bits per heavy atom. The lowest BCUT2D eigenvalue weighted by Crippen LogP contribution is -2.28. The monoisotopic (exact) mass is 259 g/mol. The molecule has 1 saturated heterocycles. The summed E-state index contributed by atoms with van der Waals surface area (Å²) in [7, 11) is 0. The second kappa shape index (κ2) is 3.61. The van der Waals surface area contributed by atoms with E-state index in [2.05, 4.69) is 21.2 Å². The highest BCUT2D eigenvalue weighted by Crippen LogP contribution is 2.34. The maximum absolute atomic E-state index is 13.2. The Morgan fingerprint density at radius 3 is 2.93 bits per heavy atom. The molecule has 14 heavy (non-hydrogen) atoms. The van der Waals surface area contributed by atoms with Gasteiger partial charge < -0.3 is 10.4 Å². The van der Waals surface area contributed by atoms with Gasteiger partial charge in [-0.05, 0) is 35.0 Å². The van der Waals surface area contributed by atoms with Gasteiger partial charge in [0.1, 0.15) is 11.4 Å². The maximum atomic E-state index is 13.2. The second-order valence-corrected chi connectivity index (χ2v) is 4.35. The summed E-state index contributed by atoms with van der Waals surface area (Å²) in [6.45, 7) is 1.24. The predicted octanol–water partition coefficient (Wildman–Crippen LogP) is 1.77. The molecule has 1 heterocycles. The molecule has 4 heteroatoms. The molecule has 0 aliphatic carbocycles. The average molecular weight is 260 g/mol. The van der Waals surface area contributed by atoms with Gasteiger partial charge in [0.05, 0.1) is 4.47 Å². The van der Waals surface area contributed by atoms with E-state index in [0.717, 1.165) is 6.54 Å². The number of β-amino-alcohol motifs (C(OH)–C–C–N with tert-alkyl or cyclic N) is 1. The van der Waals surface area contributed by atoms with Crippen molar-refractivity contribution in [2.75, 3.05) is 13.1 Å². The summed E-state index contributed by atoms with van der Waals surface area (Å²) in [5.41, 5.74) is -0.302. The fourth-order valence-electron chi connectivity index (χ4n) is 1.77. The van der Waals surface area contributed by atoms with Crippen LogP contribution >= 0.6 is 15.9 Å². The highest BCUT2D eigenvalue weighted by atomic mass is 79.9. The molecule has 0 radical (unpaired) electrons. The summed E-state index contributed by atoms with van der Waals surface area (Å²) < 4.78 is 13.6. The van der Waals surface area contributed by atoms with Crippen LogP contribution in [0.15, 0.2) is 22.7 Å². The number of nitrogens with one attached hydrogen (secondary N) is 1. The van der Waals surface area contributed by atoms with Crippen molar-refractivity contribution < 1.29 is 9.50 Å². The van der Waals surface area contributed by atoms with Crippen LogP contribution in [0.4, 0.5) is 4.39 Å². The Bertz CT molecular complexity index is 350. The van der Waals surface area contributed by atoms with Crippen LogP contribution in [-0.4, -0.2) is 18.2 Å². The van der Waals surface area contributed by atoms with Gasteiger partial charge in [-0.2, -0.15) is 0 Å². The van der Waals surface area contributed by atoms with E-state index in [4.69, 9.17) is 0 Å². The van der Waals surface area contributed by atoms with Crippen molar-refractivity contribution in [3.05, 3.63) is 34.1 Å². The molecule has 0 bridgehead atoms. The minimum atomic E-state index is -0.930. The van der Waals surface area contributed by atoms with Crippen molar-refractivity contribution in [3.63, 3.8) is 0 Å². The van der Waals surface area contributed by atoms with E-state index in [0.29, 0.717) is 23.0 Å². The summed E-state index contributed by atoms with van der Waals surface area (Å²) in [4.78, 5) is 0. The van der Waals surface area contributed by atoms with E-state index >= 15 is 0 Å². The number of benzene rings is 1. The van der Waals surface area contributed by atoms with Crippen molar-refractivity contribution in [2.45, 2.75) is 12.0 Å². The topological polar surface area (TPSA) is 32.3 Å². The van der Waals surface area contributed by atoms with Gasteiger partial charge in [0, 0.05) is 12.1 Å². The Morgan fingerprint density at radius 1 is 1.50 bits per heavy atom. The molecular weight excluding hydrogens is 249 g/mol. The highest BCUT2D eigenvalue weighted by molar-refractivity contribution is 9.10. The van der Waals surface area contributed by atoms with Crippen LogP contribution in [0.2, 0.25) is 0 Å². The lowest BCUT2D eigenvalue weighted by Gasteiger charge is -2.23. The van der Waals surface area contributed by atoms with Gasteiger partial charge in [0.25, 0.3) is 0 Å². The smallest absolute Gasteiger partial charge is 0.137 e. The lowest BCUT2D eigenvalue weighted by molar-refractivity contribution is 0.0576. The Labute approximate surface area is 90.3 Å². The molecule has 1 aliphatic heterocycles. The van der Waals surface area contributed by atoms with E-state index in [1.165, 1.54) is 6.07 Å². The van der Waals surface area contributed by atoms with Crippen molar-refractivity contribution >= 4 is 15.9 Å². The largest absolute Gasteiger partial charge is 0.384 e. The fourth-order valence-corrected chi connectivity index (χ4v) is 2.41. The molecule has 2 nitrogen and oxygen atoms in total. The Kier molecular flexibility index (Phi) is 2.60. The first-order valence-corrected chi connectivity index (χ1v) is 5.30.